The average Bonchev–Trinajstić information content (AvgIpc) is 3.23. The Labute approximate surface area is 197 Å². The van der Waals surface area contributed by atoms with Gasteiger partial charge in [0.2, 0.25) is 0 Å². The first-order valence-corrected chi connectivity index (χ1v) is 11.7. The van der Waals surface area contributed by atoms with Crippen molar-refractivity contribution < 1.29 is 13.9 Å². The van der Waals surface area contributed by atoms with E-state index >= 15 is 0 Å². The molecule has 0 radical (unpaired) electrons. The molecule has 0 aliphatic carbocycles. The van der Waals surface area contributed by atoms with E-state index in [0.29, 0.717) is 16.6 Å². The van der Waals surface area contributed by atoms with Crippen LogP contribution in [-0.4, -0.2) is 42.2 Å². The summed E-state index contributed by atoms with van der Waals surface area (Å²) >= 11 is 10.6. The lowest BCUT2D eigenvalue weighted by Crippen LogP contribution is -2.46. The van der Waals surface area contributed by atoms with E-state index in [9.17, 15) is 13.9 Å². The summed E-state index contributed by atoms with van der Waals surface area (Å²) in [5.41, 5.74) is -0.644. The van der Waals surface area contributed by atoms with Crippen LogP contribution in [0.1, 0.15) is 18.1 Å². The summed E-state index contributed by atoms with van der Waals surface area (Å²) in [5, 5.41) is 15.6. The van der Waals surface area contributed by atoms with E-state index in [1.165, 1.54) is 35.2 Å². The Morgan fingerprint density at radius 1 is 1.29 bits per heavy atom. The van der Waals surface area contributed by atoms with Crippen LogP contribution in [0.3, 0.4) is 0 Å². The average molecular weight is 527 g/mol. The van der Waals surface area contributed by atoms with Gasteiger partial charge in [0.05, 0.1) is 13.1 Å². The van der Waals surface area contributed by atoms with Crippen LogP contribution in [0.15, 0.2) is 59.6 Å². The van der Waals surface area contributed by atoms with Crippen molar-refractivity contribution in [3.8, 4) is 0 Å². The Morgan fingerprint density at radius 3 is 2.71 bits per heavy atom. The van der Waals surface area contributed by atoms with Crippen LogP contribution in [0.5, 0.6) is 0 Å². The molecule has 3 aromatic rings. The number of nitrogens with zero attached hydrogens (tertiary/aromatic N) is 4. The highest BCUT2D eigenvalue weighted by Gasteiger charge is 2.36. The van der Waals surface area contributed by atoms with Gasteiger partial charge in [-0.2, -0.15) is 5.10 Å². The monoisotopic (exact) mass is 526 g/mol. The quantitative estimate of drug-likeness (QED) is 0.427. The standard InChI is InChI=1S/C21H21BrF2N4OS2/c1-2-27(20(30)31-10-15-5-3-4-6-18(15)22)11-21(29,12-28-14-25-13-26-28)17-8-7-16(23)9-19(17)24/h3-9,13-14,29H,2,10-12H2,1H3. The summed E-state index contributed by atoms with van der Waals surface area (Å²) in [4.78, 5) is 5.68. The molecule has 0 saturated heterocycles. The zero-order valence-electron chi connectivity index (χ0n) is 16.7. The van der Waals surface area contributed by atoms with Crippen molar-refractivity contribution >= 4 is 44.2 Å². The second kappa shape index (κ2) is 10.6. The normalized spacial score (nSPS) is 13.1. The molecule has 31 heavy (non-hydrogen) atoms. The molecule has 1 N–H and O–H groups in total. The van der Waals surface area contributed by atoms with Crippen molar-refractivity contribution in [2.24, 2.45) is 0 Å². The summed E-state index contributed by atoms with van der Waals surface area (Å²) in [7, 11) is 0. The van der Waals surface area contributed by atoms with Crippen LogP contribution in [0.2, 0.25) is 0 Å². The van der Waals surface area contributed by atoms with Crippen LogP contribution in [0, 0.1) is 11.6 Å². The lowest BCUT2D eigenvalue weighted by Gasteiger charge is -2.35. The number of likely N-dealkylation sites (N-methyl/N-ethyl adjacent to an activating group) is 1. The van der Waals surface area contributed by atoms with Gasteiger partial charge in [0.25, 0.3) is 0 Å². The molecule has 164 valence electrons. The third-order valence-corrected chi connectivity index (χ3v) is 7.07. The topological polar surface area (TPSA) is 54.2 Å². The molecule has 1 unspecified atom stereocenters. The van der Waals surface area contributed by atoms with E-state index in [1.54, 1.807) is 4.90 Å². The fourth-order valence-electron chi connectivity index (χ4n) is 3.14. The number of thiocarbonyl (C=S) groups is 1. The van der Waals surface area contributed by atoms with Gasteiger partial charge in [0.1, 0.15) is 34.2 Å². The molecule has 1 heterocycles. The summed E-state index contributed by atoms with van der Waals surface area (Å²) in [5.74, 6) is -0.898. The highest BCUT2D eigenvalue weighted by Crippen LogP contribution is 2.30. The smallest absolute Gasteiger partial charge is 0.137 e. The first-order chi connectivity index (χ1) is 14.8. The molecule has 0 aliphatic heterocycles. The molecule has 0 saturated carbocycles. The van der Waals surface area contributed by atoms with Gasteiger partial charge in [0.15, 0.2) is 0 Å². The zero-order valence-corrected chi connectivity index (χ0v) is 19.9. The largest absolute Gasteiger partial charge is 0.381 e. The van der Waals surface area contributed by atoms with Crippen molar-refractivity contribution in [3.63, 3.8) is 0 Å². The lowest BCUT2D eigenvalue weighted by molar-refractivity contribution is -0.00542. The summed E-state index contributed by atoms with van der Waals surface area (Å²) in [6, 6.07) is 11.0. The maximum Gasteiger partial charge on any atom is 0.137 e. The van der Waals surface area contributed by atoms with E-state index in [0.717, 1.165) is 22.2 Å². The highest BCUT2D eigenvalue weighted by molar-refractivity contribution is 9.10. The lowest BCUT2D eigenvalue weighted by atomic mass is 9.92. The SMILES string of the molecule is CCN(CC(O)(Cn1cncn1)c1ccc(F)cc1F)C(=S)SCc1ccccc1Br. The van der Waals surface area contributed by atoms with Gasteiger partial charge in [0, 0.05) is 28.4 Å². The second-order valence-electron chi connectivity index (χ2n) is 6.91. The van der Waals surface area contributed by atoms with E-state index in [-0.39, 0.29) is 18.7 Å². The van der Waals surface area contributed by atoms with Crippen LogP contribution < -0.4 is 0 Å². The van der Waals surface area contributed by atoms with Crippen molar-refractivity contribution in [1.29, 1.82) is 0 Å². The molecule has 10 heteroatoms. The minimum Gasteiger partial charge on any atom is -0.381 e. The third-order valence-electron chi connectivity index (χ3n) is 4.72. The molecule has 2 aromatic carbocycles. The number of aliphatic hydroxyl groups is 1. The van der Waals surface area contributed by atoms with Crippen molar-refractivity contribution in [2.45, 2.75) is 24.8 Å². The van der Waals surface area contributed by atoms with Crippen LogP contribution in [0.25, 0.3) is 0 Å². The highest BCUT2D eigenvalue weighted by atomic mass is 79.9. The number of halogens is 3. The fourth-order valence-corrected chi connectivity index (χ4v) is 5.02. The molecular weight excluding hydrogens is 506 g/mol. The van der Waals surface area contributed by atoms with Crippen LogP contribution in [-0.2, 0) is 17.9 Å². The molecule has 0 fully saturated rings. The molecule has 1 atom stereocenters. The van der Waals surface area contributed by atoms with Gasteiger partial charge in [-0.1, -0.05) is 64.2 Å². The number of rotatable bonds is 8. The van der Waals surface area contributed by atoms with Gasteiger partial charge in [-0.15, -0.1) is 0 Å². The predicted molar refractivity (Wildman–Crippen MR) is 126 cm³/mol. The van der Waals surface area contributed by atoms with Gasteiger partial charge >= 0.3 is 0 Å². The number of hydrogen-bond donors (Lipinski definition) is 1. The van der Waals surface area contributed by atoms with Crippen LogP contribution >= 0.6 is 39.9 Å². The molecule has 3 rings (SSSR count). The van der Waals surface area contributed by atoms with Gasteiger partial charge in [-0.3, -0.25) is 0 Å². The Morgan fingerprint density at radius 2 is 2.06 bits per heavy atom. The summed E-state index contributed by atoms with van der Waals surface area (Å²) < 4.78 is 31.1. The molecule has 0 aliphatic rings. The van der Waals surface area contributed by atoms with Crippen molar-refractivity contribution in [1.82, 2.24) is 19.7 Å². The molecule has 5 nitrogen and oxygen atoms in total. The van der Waals surface area contributed by atoms with E-state index < -0.39 is 17.2 Å². The van der Waals surface area contributed by atoms with E-state index in [1.807, 2.05) is 31.2 Å². The van der Waals surface area contributed by atoms with Gasteiger partial charge in [-0.05, 0) is 24.6 Å². The third kappa shape index (κ3) is 6.09. The predicted octanol–water partition coefficient (Wildman–Crippen LogP) is 4.75. The maximum atomic E-state index is 14.6. The Balaban J connectivity index is 1.82. The Bertz CT molecular complexity index is 1040. The number of aromatic nitrogens is 3. The zero-order chi connectivity index (χ0) is 22.4. The summed E-state index contributed by atoms with van der Waals surface area (Å²) in [6.07, 6.45) is 2.76. The molecule has 0 spiro atoms. The summed E-state index contributed by atoms with van der Waals surface area (Å²) in [6.45, 7) is 2.35. The second-order valence-corrected chi connectivity index (χ2v) is 9.37. The van der Waals surface area contributed by atoms with Gasteiger partial charge in [-0.25, -0.2) is 18.4 Å². The minimum absolute atomic E-state index is 0.00764. The van der Waals surface area contributed by atoms with Crippen molar-refractivity contribution in [3.05, 3.63) is 82.4 Å². The Kier molecular flexibility index (Phi) is 8.15. The minimum atomic E-state index is -1.71. The maximum absolute atomic E-state index is 14.6. The van der Waals surface area contributed by atoms with Crippen LogP contribution in [0.4, 0.5) is 8.78 Å². The first kappa shape index (κ1) is 23.8. The molecular formula is C21H21BrF2N4OS2. The number of benzene rings is 2. The molecule has 1 aromatic heterocycles. The number of thioether (sulfide) groups is 1. The van der Waals surface area contributed by atoms with E-state index in [2.05, 4.69) is 26.0 Å². The fraction of sp³-hybridized carbons (Fsp3) is 0.286. The van der Waals surface area contributed by atoms with Gasteiger partial charge < -0.3 is 10.0 Å². The Hall–Kier alpha value is -1.88. The number of hydrogen-bond acceptors (Lipinski definition) is 5. The first-order valence-electron chi connectivity index (χ1n) is 9.48. The van der Waals surface area contributed by atoms with Crippen molar-refractivity contribution in [2.75, 3.05) is 13.1 Å². The molecule has 0 amide bonds. The van der Waals surface area contributed by atoms with E-state index in [4.69, 9.17) is 12.2 Å². The molecule has 0 bridgehead atoms.